The van der Waals surface area contributed by atoms with Crippen LogP contribution in [-0.2, 0) is 4.79 Å². The Labute approximate surface area is 126 Å². The van der Waals surface area contributed by atoms with Crippen molar-refractivity contribution in [1.82, 2.24) is 15.5 Å². The molecule has 0 bridgehead atoms. The Bertz CT molecular complexity index is 683. The number of carbonyl (C=O) groups is 2. The number of hydrogen-bond donors (Lipinski definition) is 2. The summed E-state index contributed by atoms with van der Waals surface area (Å²) in [5.41, 5.74) is 0.915. The number of nitrogens with zero attached hydrogens (tertiary/aromatic N) is 2. The molecule has 2 aromatic heterocycles. The second kappa shape index (κ2) is 5.97. The summed E-state index contributed by atoms with van der Waals surface area (Å²) in [5.74, 6) is -1.08. The average Bonchev–Trinajstić information content (AvgIpc) is 3.17. The SMILES string of the molecule is O=C(N[C@@H]1CC[C@H](C(=O)O)C1)c1cc(-c2cccnc2)on1. The molecule has 1 saturated carbocycles. The van der Waals surface area contributed by atoms with Crippen molar-refractivity contribution in [3.63, 3.8) is 0 Å². The van der Waals surface area contributed by atoms with E-state index in [9.17, 15) is 9.59 Å². The lowest BCUT2D eigenvalue weighted by atomic mass is 10.1. The minimum atomic E-state index is -0.808. The second-order valence-corrected chi connectivity index (χ2v) is 5.34. The third-order valence-electron chi connectivity index (χ3n) is 3.81. The van der Waals surface area contributed by atoms with E-state index in [0.717, 1.165) is 5.56 Å². The normalized spacial score (nSPS) is 20.7. The summed E-state index contributed by atoms with van der Waals surface area (Å²) >= 11 is 0. The second-order valence-electron chi connectivity index (χ2n) is 5.34. The van der Waals surface area contributed by atoms with Gasteiger partial charge in [0.15, 0.2) is 11.5 Å². The molecular formula is C15H15N3O4. The number of carboxylic acid groups (broad SMARTS) is 1. The molecule has 1 aliphatic carbocycles. The molecule has 1 amide bonds. The molecule has 2 atom stereocenters. The van der Waals surface area contributed by atoms with Gasteiger partial charge >= 0.3 is 5.97 Å². The maximum absolute atomic E-state index is 12.1. The summed E-state index contributed by atoms with van der Waals surface area (Å²) in [6, 6.07) is 4.99. The third-order valence-corrected chi connectivity index (χ3v) is 3.81. The Morgan fingerprint density at radius 3 is 2.91 bits per heavy atom. The van der Waals surface area contributed by atoms with Crippen LogP contribution in [0.25, 0.3) is 11.3 Å². The predicted octanol–water partition coefficient (Wildman–Crippen LogP) is 1.72. The van der Waals surface area contributed by atoms with Gasteiger partial charge in [0.25, 0.3) is 5.91 Å². The summed E-state index contributed by atoms with van der Waals surface area (Å²) in [6.07, 6.45) is 4.97. The summed E-state index contributed by atoms with van der Waals surface area (Å²) in [5, 5.41) is 15.5. The third kappa shape index (κ3) is 2.98. The van der Waals surface area contributed by atoms with Crippen molar-refractivity contribution < 1.29 is 19.2 Å². The molecule has 0 radical (unpaired) electrons. The average molecular weight is 301 g/mol. The summed E-state index contributed by atoms with van der Waals surface area (Å²) < 4.78 is 5.15. The zero-order chi connectivity index (χ0) is 15.5. The summed E-state index contributed by atoms with van der Waals surface area (Å²) in [7, 11) is 0. The molecule has 22 heavy (non-hydrogen) atoms. The smallest absolute Gasteiger partial charge is 0.306 e. The van der Waals surface area contributed by atoms with Crippen molar-refractivity contribution in [2.75, 3.05) is 0 Å². The van der Waals surface area contributed by atoms with E-state index in [1.807, 2.05) is 6.07 Å². The predicted molar refractivity (Wildman–Crippen MR) is 76.0 cm³/mol. The van der Waals surface area contributed by atoms with Crippen molar-refractivity contribution >= 4 is 11.9 Å². The zero-order valence-electron chi connectivity index (χ0n) is 11.7. The zero-order valence-corrected chi connectivity index (χ0v) is 11.7. The van der Waals surface area contributed by atoms with Crippen molar-refractivity contribution in [3.05, 3.63) is 36.3 Å². The Morgan fingerprint density at radius 2 is 2.23 bits per heavy atom. The molecule has 1 fully saturated rings. The van der Waals surface area contributed by atoms with Gasteiger partial charge in [-0.05, 0) is 31.4 Å². The minimum absolute atomic E-state index is 0.132. The van der Waals surface area contributed by atoms with Crippen LogP contribution in [0.5, 0.6) is 0 Å². The molecule has 2 heterocycles. The first-order chi connectivity index (χ1) is 10.6. The molecular weight excluding hydrogens is 286 g/mol. The van der Waals surface area contributed by atoms with E-state index in [-0.39, 0.29) is 23.6 Å². The van der Waals surface area contributed by atoms with Gasteiger partial charge in [-0.2, -0.15) is 0 Å². The number of rotatable bonds is 4. The van der Waals surface area contributed by atoms with E-state index in [2.05, 4.69) is 15.5 Å². The van der Waals surface area contributed by atoms with Crippen LogP contribution >= 0.6 is 0 Å². The molecule has 1 aliphatic rings. The van der Waals surface area contributed by atoms with Gasteiger partial charge in [0, 0.05) is 30.1 Å². The molecule has 0 saturated heterocycles. The highest BCUT2D eigenvalue weighted by Gasteiger charge is 2.31. The minimum Gasteiger partial charge on any atom is -0.481 e. The van der Waals surface area contributed by atoms with Gasteiger partial charge in [-0.15, -0.1) is 0 Å². The van der Waals surface area contributed by atoms with Crippen LogP contribution < -0.4 is 5.32 Å². The van der Waals surface area contributed by atoms with Crippen LogP contribution in [0.15, 0.2) is 35.1 Å². The Hall–Kier alpha value is -2.70. The monoisotopic (exact) mass is 301 g/mol. The van der Waals surface area contributed by atoms with Crippen LogP contribution in [0.4, 0.5) is 0 Å². The number of carboxylic acids is 1. The van der Waals surface area contributed by atoms with Crippen LogP contribution in [0.3, 0.4) is 0 Å². The number of nitrogens with one attached hydrogen (secondary N) is 1. The van der Waals surface area contributed by atoms with Crippen molar-refractivity contribution in [2.24, 2.45) is 5.92 Å². The van der Waals surface area contributed by atoms with Crippen LogP contribution in [0.2, 0.25) is 0 Å². The van der Waals surface area contributed by atoms with E-state index < -0.39 is 5.97 Å². The maximum atomic E-state index is 12.1. The van der Waals surface area contributed by atoms with Crippen molar-refractivity contribution in [1.29, 1.82) is 0 Å². The lowest BCUT2D eigenvalue weighted by Gasteiger charge is -2.10. The molecule has 2 N–H and O–H groups in total. The molecule has 3 rings (SSSR count). The van der Waals surface area contributed by atoms with Gasteiger partial charge < -0.3 is 14.9 Å². The number of pyridine rings is 1. The number of hydrogen-bond acceptors (Lipinski definition) is 5. The molecule has 7 heteroatoms. The molecule has 7 nitrogen and oxygen atoms in total. The summed E-state index contributed by atoms with van der Waals surface area (Å²) in [6.45, 7) is 0. The Morgan fingerprint density at radius 1 is 1.36 bits per heavy atom. The van der Waals surface area contributed by atoms with E-state index in [1.54, 1.807) is 24.5 Å². The molecule has 0 spiro atoms. The highest BCUT2D eigenvalue weighted by Crippen LogP contribution is 2.26. The van der Waals surface area contributed by atoms with Gasteiger partial charge in [0.05, 0.1) is 5.92 Å². The fourth-order valence-electron chi connectivity index (χ4n) is 2.62. The lowest BCUT2D eigenvalue weighted by Crippen LogP contribution is -2.33. The highest BCUT2D eigenvalue weighted by molar-refractivity contribution is 5.93. The van der Waals surface area contributed by atoms with Gasteiger partial charge in [-0.25, -0.2) is 0 Å². The van der Waals surface area contributed by atoms with E-state index in [1.165, 1.54) is 0 Å². The molecule has 2 aromatic rings. The highest BCUT2D eigenvalue weighted by atomic mass is 16.5. The van der Waals surface area contributed by atoms with Crippen LogP contribution in [-0.4, -0.2) is 33.2 Å². The van der Waals surface area contributed by atoms with Gasteiger partial charge in [-0.3, -0.25) is 14.6 Å². The number of aromatic nitrogens is 2. The van der Waals surface area contributed by atoms with Crippen molar-refractivity contribution in [3.8, 4) is 11.3 Å². The van der Waals surface area contributed by atoms with E-state index in [4.69, 9.17) is 9.63 Å². The first-order valence-electron chi connectivity index (χ1n) is 7.04. The lowest BCUT2D eigenvalue weighted by molar-refractivity contribution is -0.141. The fourth-order valence-corrected chi connectivity index (χ4v) is 2.62. The van der Waals surface area contributed by atoms with E-state index >= 15 is 0 Å². The maximum Gasteiger partial charge on any atom is 0.306 e. The molecule has 0 aromatic carbocycles. The van der Waals surface area contributed by atoms with Crippen LogP contribution in [0.1, 0.15) is 29.8 Å². The number of amides is 1. The van der Waals surface area contributed by atoms with Gasteiger partial charge in [-0.1, -0.05) is 5.16 Å². The summed E-state index contributed by atoms with van der Waals surface area (Å²) in [4.78, 5) is 27.0. The number of aliphatic carboxylic acids is 1. The fraction of sp³-hybridized carbons (Fsp3) is 0.333. The largest absolute Gasteiger partial charge is 0.481 e. The standard InChI is InChI=1S/C15H15N3O4/c19-14(17-11-4-3-9(6-11)15(20)21)12-7-13(22-18-12)10-2-1-5-16-8-10/h1-2,5,7-9,11H,3-4,6H2,(H,17,19)(H,20,21)/t9-,11+/m0/s1. The Balaban J connectivity index is 1.64. The first kappa shape index (κ1) is 14.2. The molecule has 0 aliphatic heterocycles. The van der Waals surface area contributed by atoms with E-state index in [0.29, 0.717) is 25.0 Å². The molecule has 114 valence electrons. The van der Waals surface area contributed by atoms with Crippen LogP contribution in [0, 0.1) is 5.92 Å². The number of carbonyl (C=O) groups excluding carboxylic acids is 1. The van der Waals surface area contributed by atoms with Crippen molar-refractivity contribution in [2.45, 2.75) is 25.3 Å². The first-order valence-corrected chi connectivity index (χ1v) is 7.04. The molecule has 0 unspecified atom stereocenters. The quantitative estimate of drug-likeness (QED) is 0.890. The Kier molecular flexibility index (Phi) is 3.86. The van der Waals surface area contributed by atoms with Gasteiger partial charge in [0.1, 0.15) is 0 Å². The van der Waals surface area contributed by atoms with Gasteiger partial charge in [0.2, 0.25) is 0 Å². The topological polar surface area (TPSA) is 105 Å².